The molecule has 0 radical (unpaired) electrons. The van der Waals surface area contributed by atoms with Crippen LogP contribution in [0.3, 0.4) is 0 Å². The Balaban J connectivity index is 3.30. The highest BCUT2D eigenvalue weighted by Gasteiger charge is 2.12. The molecule has 3 nitrogen and oxygen atoms in total. The van der Waals surface area contributed by atoms with Gasteiger partial charge < -0.3 is 11.1 Å². The van der Waals surface area contributed by atoms with Gasteiger partial charge in [-0.1, -0.05) is 0 Å². The van der Waals surface area contributed by atoms with Crippen molar-refractivity contribution in [2.75, 3.05) is 12.4 Å². The average Bonchev–Trinajstić information content (AvgIpc) is 2.03. The first kappa shape index (κ1) is 9.44. The van der Waals surface area contributed by atoms with Crippen LogP contribution in [-0.4, -0.2) is 13.0 Å². The van der Waals surface area contributed by atoms with E-state index in [-0.39, 0.29) is 11.3 Å². The molecule has 0 saturated heterocycles. The predicted molar refractivity (Wildman–Crippen MR) is 44.4 cm³/mol. The number of rotatable bonds is 2. The minimum absolute atomic E-state index is 0.0372. The van der Waals surface area contributed by atoms with Crippen LogP contribution in [0.2, 0.25) is 0 Å². The van der Waals surface area contributed by atoms with E-state index in [0.717, 1.165) is 6.07 Å². The number of carbonyl (C=O) groups is 1. The van der Waals surface area contributed by atoms with Gasteiger partial charge in [-0.05, 0) is 6.07 Å². The van der Waals surface area contributed by atoms with E-state index in [2.05, 4.69) is 5.32 Å². The molecule has 0 aliphatic rings. The van der Waals surface area contributed by atoms with Crippen molar-refractivity contribution >= 4 is 11.6 Å². The molecule has 0 unspecified atom stereocenters. The summed E-state index contributed by atoms with van der Waals surface area (Å²) in [6.45, 7) is 0. The Bertz CT molecular complexity index is 352. The average molecular weight is 186 g/mol. The topological polar surface area (TPSA) is 55.1 Å². The van der Waals surface area contributed by atoms with Crippen molar-refractivity contribution in [3.8, 4) is 0 Å². The second kappa shape index (κ2) is 3.38. The van der Waals surface area contributed by atoms with Crippen molar-refractivity contribution < 1.29 is 13.6 Å². The van der Waals surface area contributed by atoms with Crippen LogP contribution in [0.1, 0.15) is 10.4 Å². The number of hydrogen-bond donors (Lipinski definition) is 2. The quantitative estimate of drug-likeness (QED) is 0.726. The van der Waals surface area contributed by atoms with Crippen molar-refractivity contribution in [3.05, 3.63) is 29.3 Å². The smallest absolute Gasteiger partial charge is 0.251 e. The zero-order valence-corrected chi connectivity index (χ0v) is 6.90. The van der Waals surface area contributed by atoms with Gasteiger partial charge in [-0.3, -0.25) is 4.79 Å². The van der Waals surface area contributed by atoms with E-state index in [1.165, 1.54) is 7.05 Å². The molecule has 0 saturated carbocycles. The van der Waals surface area contributed by atoms with Crippen LogP contribution in [0.4, 0.5) is 14.5 Å². The molecule has 0 heterocycles. The molecule has 1 amide bonds. The third kappa shape index (κ3) is 1.74. The Labute approximate surface area is 73.5 Å². The van der Waals surface area contributed by atoms with Crippen molar-refractivity contribution in [2.24, 2.45) is 5.73 Å². The third-order valence-electron chi connectivity index (χ3n) is 1.59. The molecule has 0 aromatic heterocycles. The van der Waals surface area contributed by atoms with Gasteiger partial charge in [0.25, 0.3) is 5.91 Å². The molecule has 0 atom stereocenters. The van der Waals surface area contributed by atoms with Gasteiger partial charge in [0.2, 0.25) is 0 Å². The van der Waals surface area contributed by atoms with E-state index < -0.39 is 17.5 Å². The van der Waals surface area contributed by atoms with Crippen LogP contribution in [0.5, 0.6) is 0 Å². The van der Waals surface area contributed by atoms with Crippen LogP contribution in [0.15, 0.2) is 12.1 Å². The second-order valence-electron chi connectivity index (χ2n) is 2.43. The fourth-order valence-electron chi connectivity index (χ4n) is 0.929. The first-order valence-corrected chi connectivity index (χ1v) is 3.53. The molecule has 1 aromatic rings. The van der Waals surface area contributed by atoms with E-state index in [0.29, 0.717) is 6.07 Å². The molecule has 5 heteroatoms. The summed E-state index contributed by atoms with van der Waals surface area (Å²) in [6.07, 6.45) is 0. The number of halogens is 2. The first-order chi connectivity index (χ1) is 6.06. The van der Waals surface area contributed by atoms with Crippen LogP contribution < -0.4 is 11.1 Å². The molecule has 0 bridgehead atoms. The summed E-state index contributed by atoms with van der Waals surface area (Å²) in [6, 6.07) is 1.65. The summed E-state index contributed by atoms with van der Waals surface area (Å²) in [4.78, 5) is 10.6. The number of amides is 1. The van der Waals surface area contributed by atoms with Gasteiger partial charge in [-0.25, -0.2) is 8.78 Å². The van der Waals surface area contributed by atoms with Crippen molar-refractivity contribution in [3.63, 3.8) is 0 Å². The van der Waals surface area contributed by atoms with Crippen LogP contribution in [0.25, 0.3) is 0 Å². The van der Waals surface area contributed by atoms with Crippen molar-refractivity contribution in [2.45, 2.75) is 0 Å². The molecule has 0 spiro atoms. The summed E-state index contributed by atoms with van der Waals surface area (Å²) in [7, 11) is 1.46. The Kier molecular flexibility index (Phi) is 2.46. The molecule has 0 aliphatic heterocycles. The zero-order valence-electron chi connectivity index (χ0n) is 6.90. The third-order valence-corrected chi connectivity index (χ3v) is 1.59. The molecule has 3 N–H and O–H groups in total. The highest BCUT2D eigenvalue weighted by atomic mass is 19.1. The molecule has 0 fully saturated rings. The maximum Gasteiger partial charge on any atom is 0.251 e. The minimum Gasteiger partial charge on any atom is -0.386 e. The van der Waals surface area contributed by atoms with E-state index in [1.807, 2.05) is 0 Å². The molecule has 1 rings (SSSR count). The Morgan fingerprint density at radius 2 is 2.00 bits per heavy atom. The van der Waals surface area contributed by atoms with Crippen molar-refractivity contribution in [1.29, 1.82) is 0 Å². The molecule has 0 aliphatic carbocycles. The van der Waals surface area contributed by atoms with Gasteiger partial charge in [0, 0.05) is 13.1 Å². The zero-order chi connectivity index (χ0) is 10.0. The van der Waals surface area contributed by atoms with Crippen molar-refractivity contribution in [1.82, 2.24) is 0 Å². The summed E-state index contributed by atoms with van der Waals surface area (Å²) in [5.41, 5.74) is 4.57. The number of benzene rings is 1. The van der Waals surface area contributed by atoms with E-state index >= 15 is 0 Å². The Morgan fingerprint density at radius 1 is 1.38 bits per heavy atom. The van der Waals surface area contributed by atoms with Gasteiger partial charge in [-0.2, -0.15) is 0 Å². The molecule has 70 valence electrons. The molecular formula is C8H8F2N2O. The van der Waals surface area contributed by atoms with Gasteiger partial charge in [0.1, 0.15) is 11.6 Å². The Hall–Kier alpha value is -1.65. The monoisotopic (exact) mass is 186 g/mol. The molecule has 13 heavy (non-hydrogen) atoms. The standard InChI is InChI=1S/C8H8F2N2O/c1-12-7-2-4(8(11)13)5(9)3-6(7)10/h2-3,12H,1H3,(H2,11,13). The normalized spacial score (nSPS) is 9.77. The van der Waals surface area contributed by atoms with E-state index in [4.69, 9.17) is 5.73 Å². The summed E-state index contributed by atoms with van der Waals surface area (Å²) in [5, 5.41) is 2.47. The lowest BCUT2D eigenvalue weighted by molar-refractivity contribution is 0.0996. The second-order valence-corrected chi connectivity index (χ2v) is 2.43. The van der Waals surface area contributed by atoms with Gasteiger partial charge in [0.05, 0.1) is 11.3 Å². The number of carbonyl (C=O) groups excluding carboxylic acids is 1. The van der Waals surface area contributed by atoms with Crippen LogP contribution >= 0.6 is 0 Å². The predicted octanol–water partition coefficient (Wildman–Crippen LogP) is 1.11. The highest BCUT2D eigenvalue weighted by molar-refractivity contribution is 5.94. The maximum atomic E-state index is 12.8. The largest absolute Gasteiger partial charge is 0.386 e. The number of nitrogens with one attached hydrogen (secondary N) is 1. The fourth-order valence-corrected chi connectivity index (χ4v) is 0.929. The minimum atomic E-state index is -0.955. The number of primary amides is 1. The van der Waals surface area contributed by atoms with Gasteiger partial charge >= 0.3 is 0 Å². The first-order valence-electron chi connectivity index (χ1n) is 3.53. The summed E-state index contributed by atoms with van der Waals surface area (Å²) < 4.78 is 25.7. The van der Waals surface area contributed by atoms with Crippen LogP contribution in [-0.2, 0) is 0 Å². The maximum absolute atomic E-state index is 12.8. The summed E-state index contributed by atoms with van der Waals surface area (Å²) >= 11 is 0. The number of nitrogens with two attached hydrogens (primary N) is 1. The van der Waals surface area contributed by atoms with E-state index in [1.54, 1.807) is 0 Å². The lowest BCUT2D eigenvalue weighted by Gasteiger charge is -2.04. The van der Waals surface area contributed by atoms with Crippen LogP contribution in [0, 0.1) is 11.6 Å². The van der Waals surface area contributed by atoms with E-state index in [9.17, 15) is 13.6 Å². The summed E-state index contributed by atoms with van der Waals surface area (Å²) in [5.74, 6) is -2.64. The lowest BCUT2D eigenvalue weighted by atomic mass is 10.1. The lowest BCUT2D eigenvalue weighted by Crippen LogP contribution is -2.14. The highest BCUT2D eigenvalue weighted by Crippen LogP contribution is 2.18. The molecule has 1 aromatic carbocycles. The fraction of sp³-hybridized carbons (Fsp3) is 0.125. The number of hydrogen-bond acceptors (Lipinski definition) is 2. The molecular weight excluding hydrogens is 178 g/mol. The Morgan fingerprint density at radius 3 is 2.46 bits per heavy atom. The SMILES string of the molecule is CNc1cc(C(N)=O)c(F)cc1F. The van der Waals surface area contributed by atoms with Gasteiger partial charge in [-0.15, -0.1) is 0 Å². The number of anilines is 1. The van der Waals surface area contributed by atoms with Gasteiger partial charge in [0.15, 0.2) is 0 Å².